The highest BCUT2D eigenvalue weighted by atomic mass is 35.5. The summed E-state index contributed by atoms with van der Waals surface area (Å²) in [5.74, 6) is -0.680. The zero-order valence-electron chi connectivity index (χ0n) is 17.4. The lowest BCUT2D eigenvalue weighted by Crippen LogP contribution is -2.46. The highest BCUT2D eigenvalue weighted by Crippen LogP contribution is 2.32. The van der Waals surface area contributed by atoms with Crippen molar-refractivity contribution < 1.29 is 19.0 Å². The van der Waals surface area contributed by atoms with E-state index in [1.165, 1.54) is 30.5 Å². The molecule has 0 bridgehead atoms. The topological polar surface area (TPSA) is 100 Å². The Kier molecular flexibility index (Phi) is 6.20. The Morgan fingerprint density at radius 3 is 2.66 bits per heavy atom. The molecule has 0 spiro atoms. The Balaban J connectivity index is 1.76. The minimum atomic E-state index is -1.07. The molecule has 2 unspecified atom stereocenters. The number of pyridine rings is 1. The first-order valence-corrected chi connectivity index (χ1v) is 10.4. The Bertz CT molecular complexity index is 1150. The van der Waals surface area contributed by atoms with Gasteiger partial charge in [0.15, 0.2) is 0 Å². The average molecular weight is 458 g/mol. The van der Waals surface area contributed by atoms with Crippen LogP contribution in [0.15, 0.2) is 42.9 Å². The fourth-order valence-corrected chi connectivity index (χ4v) is 3.82. The van der Waals surface area contributed by atoms with Crippen molar-refractivity contribution in [3.8, 4) is 11.1 Å². The van der Waals surface area contributed by atoms with Gasteiger partial charge in [0.2, 0.25) is 5.95 Å². The van der Waals surface area contributed by atoms with E-state index in [0.29, 0.717) is 41.7 Å². The van der Waals surface area contributed by atoms with Crippen LogP contribution in [0.5, 0.6) is 0 Å². The number of aromatic carboxylic acids is 1. The largest absolute Gasteiger partial charge is 0.478 e. The van der Waals surface area contributed by atoms with Crippen LogP contribution in [0.25, 0.3) is 11.1 Å². The summed E-state index contributed by atoms with van der Waals surface area (Å²) in [7, 11) is 0. The molecular weight excluding hydrogens is 437 g/mol. The number of hydrogen-bond donors (Lipinski definition) is 2. The average Bonchev–Trinajstić information content (AvgIpc) is 2.76. The van der Waals surface area contributed by atoms with E-state index in [2.05, 4.69) is 20.2 Å². The fourth-order valence-electron chi connectivity index (χ4n) is 3.64. The molecule has 1 aliphatic heterocycles. The van der Waals surface area contributed by atoms with E-state index < -0.39 is 11.8 Å². The van der Waals surface area contributed by atoms with Crippen LogP contribution in [0, 0.1) is 5.82 Å². The maximum atomic E-state index is 13.5. The van der Waals surface area contributed by atoms with Crippen LogP contribution in [0.3, 0.4) is 0 Å². The van der Waals surface area contributed by atoms with Gasteiger partial charge in [-0.3, -0.25) is 4.98 Å². The van der Waals surface area contributed by atoms with Gasteiger partial charge in [0, 0.05) is 48.5 Å². The van der Waals surface area contributed by atoms with E-state index >= 15 is 0 Å². The third-order valence-electron chi connectivity index (χ3n) is 4.96. The van der Waals surface area contributed by atoms with Gasteiger partial charge in [0.25, 0.3) is 0 Å². The van der Waals surface area contributed by atoms with Crippen LogP contribution in [0.1, 0.15) is 24.2 Å². The summed E-state index contributed by atoms with van der Waals surface area (Å²) in [5.41, 5.74) is 1.83. The highest BCUT2D eigenvalue weighted by Gasteiger charge is 2.26. The lowest BCUT2D eigenvalue weighted by Gasteiger charge is -2.37. The van der Waals surface area contributed by atoms with Crippen molar-refractivity contribution in [3.05, 3.63) is 59.3 Å². The van der Waals surface area contributed by atoms with Crippen molar-refractivity contribution in [2.75, 3.05) is 23.3 Å². The molecule has 32 heavy (non-hydrogen) atoms. The molecule has 1 aliphatic rings. The zero-order valence-corrected chi connectivity index (χ0v) is 18.2. The standard InChI is InChI=1S/C22H21ClFN5O3/c1-12-10-29(11-13(2)32-12)20-17(14-5-15(21(30)31)8-25-7-14)9-26-22(28-20)27-16-3-4-19(24)18(23)6-16/h3-9,12-13H,10-11H2,1-2H3,(H,30,31)(H,26,27,28). The van der Waals surface area contributed by atoms with Gasteiger partial charge in [-0.2, -0.15) is 4.98 Å². The molecule has 3 heterocycles. The number of aromatic nitrogens is 3. The molecule has 2 atom stereocenters. The molecule has 2 N–H and O–H groups in total. The predicted molar refractivity (Wildman–Crippen MR) is 119 cm³/mol. The monoisotopic (exact) mass is 457 g/mol. The molecule has 0 amide bonds. The van der Waals surface area contributed by atoms with Crippen LogP contribution in [0.2, 0.25) is 5.02 Å². The zero-order chi connectivity index (χ0) is 22.8. The summed E-state index contributed by atoms with van der Waals surface area (Å²) >= 11 is 5.88. The fraction of sp³-hybridized carbons (Fsp3) is 0.273. The molecule has 0 radical (unpaired) electrons. The van der Waals surface area contributed by atoms with Crippen molar-refractivity contribution in [3.63, 3.8) is 0 Å². The lowest BCUT2D eigenvalue weighted by atomic mass is 10.1. The minimum absolute atomic E-state index is 0.0146. The number of benzene rings is 1. The normalized spacial score (nSPS) is 18.4. The van der Waals surface area contributed by atoms with E-state index in [-0.39, 0.29) is 22.8 Å². The molecule has 10 heteroatoms. The van der Waals surface area contributed by atoms with Gasteiger partial charge in [-0.15, -0.1) is 0 Å². The molecule has 2 aromatic heterocycles. The first-order valence-electron chi connectivity index (χ1n) is 9.98. The predicted octanol–water partition coefficient (Wildman–Crippen LogP) is 4.39. The van der Waals surface area contributed by atoms with Crippen molar-refractivity contribution in [2.24, 2.45) is 0 Å². The third kappa shape index (κ3) is 4.79. The smallest absolute Gasteiger partial charge is 0.337 e. The summed E-state index contributed by atoms with van der Waals surface area (Å²) in [6.45, 7) is 5.16. The third-order valence-corrected chi connectivity index (χ3v) is 5.25. The van der Waals surface area contributed by atoms with E-state index in [1.54, 1.807) is 12.4 Å². The van der Waals surface area contributed by atoms with Crippen LogP contribution in [-0.2, 0) is 4.74 Å². The SMILES string of the molecule is CC1CN(c2nc(Nc3ccc(F)c(Cl)c3)ncc2-c2cncc(C(=O)O)c2)CC(C)O1. The maximum Gasteiger partial charge on any atom is 0.337 e. The highest BCUT2D eigenvalue weighted by molar-refractivity contribution is 6.31. The van der Waals surface area contributed by atoms with Gasteiger partial charge >= 0.3 is 5.97 Å². The Hall–Kier alpha value is -3.30. The molecule has 8 nitrogen and oxygen atoms in total. The number of morpholine rings is 1. The van der Waals surface area contributed by atoms with E-state index in [9.17, 15) is 14.3 Å². The molecular formula is C22H21ClFN5O3. The number of halogens is 2. The Morgan fingerprint density at radius 1 is 1.22 bits per heavy atom. The molecule has 1 aromatic carbocycles. The molecule has 1 fully saturated rings. The van der Waals surface area contributed by atoms with Crippen LogP contribution in [-0.4, -0.2) is 51.3 Å². The lowest BCUT2D eigenvalue weighted by molar-refractivity contribution is -0.00542. The summed E-state index contributed by atoms with van der Waals surface area (Å²) < 4.78 is 19.3. The van der Waals surface area contributed by atoms with Gasteiger partial charge < -0.3 is 20.1 Å². The van der Waals surface area contributed by atoms with Crippen molar-refractivity contribution in [2.45, 2.75) is 26.1 Å². The first kappa shape index (κ1) is 21.9. The molecule has 4 rings (SSSR count). The summed E-state index contributed by atoms with van der Waals surface area (Å²) in [6.07, 6.45) is 4.45. The summed E-state index contributed by atoms with van der Waals surface area (Å²) in [6, 6.07) is 5.79. The number of ether oxygens (including phenoxy) is 1. The molecule has 0 saturated carbocycles. The second-order valence-electron chi connectivity index (χ2n) is 7.61. The van der Waals surface area contributed by atoms with Crippen molar-refractivity contribution in [1.82, 2.24) is 15.0 Å². The second-order valence-corrected chi connectivity index (χ2v) is 8.02. The number of carbonyl (C=O) groups is 1. The van der Waals surface area contributed by atoms with Gasteiger partial charge in [-0.05, 0) is 38.1 Å². The number of nitrogens with zero attached hydrogens (tertiary/aromatic N) is 4. The van der Waals surface area contributed by atoms with Crippen LogP contribution >= 0.6 is 11.6 Å². The van der Waals surface area contributed by atoms with Gasteiger partial charge in [0.05, 0.1) is 22.8 Å². The quantitative estimate of drug-likeness (QED) is 0.582. The summed E-state index contributed by atoms with van der Waals surface area (Å²) in [4.78, 5) is 26.6. The number of rotatable bonds is 5. The number of nitrogens with one attached hydrogen (secondary N) is 1. The number of carboxylic acids is 1. The van der Waals surface area contributed by atoms with Crippen molar-refractivity contribution >= 4 is 35.0 Å². The van der Waals surface area contributed by atoms with Crippen LogP contribution in [0.4, 0.5) is 21.8 Å². The van der Waals surface area contributed by atoms with Gasteiger partial charge in [-0.1, -0.05) is 11.6 Å². The van der Waals surface area contributed by atoms with Gasteiger partial charge in [-0.25, -0.2) is 14.2 Å². The molecule has 1 saturated heterocycles. The summed E-state index contributed by atoms with van der Waals surface area (Å²) in [5, 5.41) is 12.4. The first-order chi connectivity index (χ1) is 15.3. The van der Waals surface area contributed by atoms with Crippen molar-refractivity contribution in [1.29, 1.82) is 0 Å². The van der Waals surface area contributed by atoms with E-state index in [0.717, 1.165) is 0 Å². The van der Waals surface area contributed by atoms with E-state index in [4.69, 9.17) is 21.3 Å². The Labute approximate surface area is 189 Å². The number of hydrogen-bond acceptors (Lipinski definition) is 7. The maximum absolute atomic E-state index is 13.5. The Morgan fingerprint density at radius 2 is 1.97 bits per heavy atom. The number of carboxylic acid groups (broad SMARTS) is 1. The van der Waals surface area contributed by atoms with Gasteiger partial charge in [0.1, 0.15) is 11.6 Å². The molecule has 166 valence electrons. The molecule has 0 aliphatic carbocycles. The van der Waals surface area contributed by atoms with Crippen LogP contribution < -0.4 is 10.2 Å². The second kappa shape index (κ2) is 9.05. The molecule has 3 aromatic rings. The minimum Gasteiger partial charge on any atom is -0.478 e. The van der Waals surface area contributed by atoms with E-state index in [1.807, 2.05) is 13.8 Å². The number of anilines is 3.